The summed E-state index contributed by atoms with van der Waals surface area (Å²) in [6.07, 6.45) is 0.886. The van der Waals surface area contributed by atoms with E-state index in [-0.39, 0.29) is 5.92 Å². The SMILES string of the molecule is CNCc1nnc(C2COc3ccccc3C2)o1. The minimum Gasteiger partial charge on any atom is -0.492 e. The van der Waals surface area contributed by atoms with Crippen LogP contribution in [0.25, 0.3) is 0 Å². The molecule has 94 valence electrons. The molecule has 5 heteroatoms. The molecule has 1 N–H and O–H groups in total. The summed E-state index contributed by atoms with van der Waals surface area (Å²) >= 11 is 0. The zero-order chi connectivity index (χ0) is 12.4. The molecule has 0 fully saturated rings. The molecule has 1 aliphatic rings. The maximum atomic E-state index is 5.72. The number of ether oxygens (including phenoxy) is 1. The van der Waals surface area contributed by atoms with Crippen molar-refractivity contribution < 1.29 is 9.15 Å². The Kier molecular flexibility index (Phi) is 2.98. The smallest absolute Gasteiger partial charge is 0.230 e. The minimum absolute atomic E-state index is 0.151. The van der Waals surface area contributed by atoms with E-state index in [9.17, 15) is 0 Å². The molecular weight excluding hydrogens is 230 g/mol. The van der Waals surface area contributed by atoms with E-state index < -0.39 is 0 Å². The molecule has 2 aromatic rings. The fourth-order valence-electron chi connectivity index (χ4n) is 2.14. The molecule has 1 aliphatic heterocycles. The van der Waals surface area contributed by atoms with Crippen molar-refractivity contribution in [3.05, 3.63) is 41.6 Å². The second kappa shape index (κ2) is 4.78. The second-order valence-corrected chi connectivity index (χ2v) is 4.38. The van der Waals surface area contributed by atoms with Gasteiger partial charge in [0.2, 0.25) is 11.8 Å². The largest absolute Gasteiger partial charge is 0.492 e. The van der Waals surface area contributed by atoms with Crippen molar-refractivity contribution in [2.75, 3.05) is 13.7 Å². The fourth-order valence-corrected chi connectivity index (χ4v) is 2.14. The van der Waals surface area contributed by atoms with Crippen molar-refractivity contribution in [2.45, 2.75) is 18.9 Å². The lowest BCUT2D eigenvalue weighted by Crippen LogP contribution is -2.19. The lowest BCUT2D eigenvalue weighted by molar-refractivity contribution is 0.239. The van der Waals surface area contributed by atoms with Crippen LogP contribution in [-0.4, -0.2) is 23.9 Å². The van der Waals surface area contributed by atoms with Crippen LogP contribution in [0.1, 0.15) is 23.3 Å². The van der Waals surface area contributed by atoms with Gasteiger partial charge in [0, 0.05) is 0 Å². The molecule has 18 heavy (non-hydrogen) atoms. The van der Waals surface area contributed by atoms with Crippen LogP contribution in [0.15, 0.2) is 28.7 Å². The molecule has 3 rings (SSSR count). The highest BCUT2D eigenvalue weighted by atomic mass is 16.5. The van der Waals surface area contributed by atoms with Gasteiger partial charge in [0.05, 0.1) is 12.5 Å². The standard InChI is InChI=1S/C13H15N3O2/c1-14-7-12-15-16-13(18-12)10-6-9-4-2-3-5-11(9)17-8-10/h2-5,10,14H,6-8H2,1H3. The summed E-state index contributed by atoms with van der Waals surface area (Å²) in [5, 5.41) is 11.1. The summed E-state index contributed by atoms with van der Waals surface area (Å²) in [6.45, 7) is 1.19. The Bertz CT molecular complexity index is 539. The highest BCUT2D eigenvalue weighted by molar-refractivity contribution is 5.36. The Morgan fingerprint density at radius 3 is 3.11 bits per heavy atom. The summed E-state index contributed by atoms with van der Waals surface area (Å²) in [5.74, 6) is 2.39. The van der Waals surface area contributed by atoms with E-state index in [1.54, 1.807) is 0 Å². The molecule has 0 saturated heterocycles. The Balaban J connectivity index is 1.78. The van der Waals surface area contributed by atoms with Gasteiger partial charge in [0.25, 0.3) is 0 Å². The van der Waals surface area contributed by atoms with Gasteiger partial charge in [-0.3, -0.25) is 0 Å². The van der Waals surface area contributed by atoms with Crippen LogP contribution in [0.2, 0.25) is 0 Å². The number of nitrogens with zero attached hydrogens (tertiary/aromatic N) is 2. The number of hydrogen-bond acceptors (Lipinski definition) is 5. The maximum absolute atomic E-state index is 5.72. The molecule has 0 saturated carbocycles. The first-order valence-electron chi connectivity index (χ1n) is 6.04. The van der Waals surface area contributed by atoms with Crippen molar-refractivity contribution in [3.63, 3.8) is 0 Å². The minimum atomic E-state index is 0.151. The van der Waals surface area contributed by atoms with E-state index in [1.165, 1.54) is 5.56 Å². The molecular formula is C13H15N3O2. The first-order chi connectivity index (χ1) is 8.86. The van der Waals surface area contributed by atoms with Gasteiger partial charge in [-0.15, -0.1) is 10.2 Å². The summed E-state index contributed by atoms with van der Waals surface area (Å²) < 4.78 is 11.3. The zero-order valence-electron chi connectivity index (χ0n) is 10.2. The Morgan fingerprint density at radius 1 is 1.33 bits per heavy atom. The third-order valence-corrected chi connectivity index (χ3v) is 3.04. The highest BCUT2D eigenvalue weighted by Crippen LogP contribution is 2.31. The van der Waals surface area contributed by atoms with Gasteiger partial charge in [-0.1, -0.05) is 18.2 Å². The van der Waals surface area contributed by atoms with E-state index in [4.69, 9.17) is 9.15 Å². The number of nitrogens with one attached hydrogen (secondary N) is 1. The van der Waals surface area contributed by atoms with Crippen LogP contribution in [0.4, 0.5) is 0 Å². The molecule has 0 spiro atoms. The van der Waals surface area contributed by atoms with Crippen LogP contribution in [0.3, 0.4) is 0 Å². The first kappa shape index (κ1) is 11.2. The molecule has 1 atom stereocenters. The van der Waals surface area contributed by atoms with Crippen molar-refractivity contribution in [3.8, 4) is 5.75 Å². The Hall–Kier alpha value is -1.88. The molecule has 0 bridgehead atoms. The van der Waals surface area contributed by atoms with Crippen molar-refractivity contribution in [1.82, 2.24) is 15.5 Å². The molecule has 0 amide bonds. The lowest BCUT2D eigenvalue weighted by Gasteiger charge is -2.22. The summed E-state index contributed by atoms with van der Waals surface area (Å²) in [4.78, 5) is 0. The molecule has 5 nitrogen and oxygen atoms in total. The number of rotatable bonds is 3. The van der Waals surface area contributed by atoms with Gasteiger partial charge >= 0.3 is 0 Å². The van der Waals surface area contributed by atoms with E-state index in [1.807, 2.05) is 25.2 Å². The number of hydrogen-bond donors (Lipinski definition) is 1. The molecule has 1 aromatic carbocycles. The van der Waals surface area contributed by atoms with E-state index >= 15 is 0 Å². The number of aromatic nitrogens is 2. The second-order valence-electron chi connectivity index (χ2n) is 4.38. The van der Waals surface area contributed by atoms with Crippen LogP contribution in [-0.2, 0) is 13.0 Å². The van der Waals surface area contributed by atoms with Gasteiger partial charge in [-0.05, 0) is 25.1 Å². The normalized spacial score (nSPS) is 18.2. The van der Waals surface area contributed by atoms with E-state index in [0.29, 0.717) is 24.9 Å². The van der Waals surface area contributed by atoms with Gasteiger partial charge in [0.1, 0.15) is 12.4 Å². The third-order valence-electron chi connectivity index (χ3n) is 3.04. The van der Waals surface area contributed by atoms with E-state index in [2.05, 4.69) is 21.6 Å². The highest BCUT2D eigenvalue weighted by Gasteiger charge is 2.25. The summed E-state index contributed by atoms with van der Waals surface area (Å²) in [5.41, 5.74) is 1.20. The van der Waals surface area contributed by atoms with Crippen molar-refractivity contribution in [1.29, 1.82) is 0 Å². The van der Waals surface area contributed by atoms with E-state index in [0.717, 1.165) is 12.2 Å². The van der Waals surface area contributed by atoms with Crippen LogP contribution in [0, 0.1) is 0 Å². The zero-order valence-corrected chi connectivity index (χ0v) is 10.2. The van der Waals surface area contributed by atoms with Crippen molar-refractivity contribution in [2.24, 2.45) is 0 Å². The maximum Gasteiger partial charge on any atom is 0.230 e. The fraction of sp³-hybridized carbons (Fsp3) is 0.385. The van der Waals surface area contributed by atoms with Crippen LogP contribution < -0.4 is 10.1 Å². The molecule has 2 heterocycles. The monoisotopic (exact) mass is 245 g/mol. The predicted octanol–water partition coefficient (Wildman–Crippen LogP) is 1.51. The Labute approximate surface area is 105 Å². The Morgan fingerprint density at radius 2 is 2.22 bits per heavy atom. The first-order valence-corrected chi connectivity index (χ1v) is 6.04. The average molecular weight is 245 g/mol. The van der Waals surface area contributed by atoms with Gasteiger partial charge in [0.15, 0.2) is 0 Å². The third kappa shape index (κ3) is 2.09. The number of fused-ring (bicyclic) bond motifs is 1. The van der Waals surface area contributed by atoms with Gasteiger partial charge in [-0.25, -0.2) is 0 Å². The van der Waals surface area contributed by atoms with Crippen LogP contribution >= 0.6 is 0 Å². The molecule has 0 aliphatic carbocycles. The summed E-state index contributed by atoms with van der Waals surface area (Å²) in [6, 6.07) is 8.07. The number of para-hydroxylation sites is 1. The molecule has 1 aromatic heterocycles. The van der Waals surface area contributed by atoms with Crippen molar-refractivity contribution >= 4 is 0 Å². The topological polar surface area (TPSA) is 60.2 Å². The lowest BCUT2D eigenvalue weighted by atomic mass is 9.97. The summed E-state index contributed by atoms with van der Waals surface area (Å²) in [7, 11) is 1.85. The predicted molar refractivity (Wildman–Crippen MR) is 65.4 cm³/mol. The van der Waals surface area contributed by atoms with Crippen LogP contribution in [0.5, 0.6) is 5.75 Å². The molecule has 0 radical (unpaired) electrons. The average Bonchev–Trinajstić information content (AvgIpc) is 2.87. The quantitative estimate of drug-likeness (QED) is 0.888. The number of benzene rings is 1. The van der Waals surface area contributed by atoms with Gasteiger partial charge < -0.3 is 14.5 Å². The molecule has 1 unspecified atom stereocenters. The van der Waals surface area contributed by atoms with Gasteiger partial charge in [-0.2, -0.15) is 0 Å².